The number of rotatable bonds is 4. The van der Waals surface area contributed by atoms with E-state index < -0.39 is 0 Å². The van der Waals surface area contributed by atoms with Gasteiger partial charge in [-0.2, -0.15) is 10.2 Å². The minimum absolute atomic E-state index is 0.0894. The van der Waals surface area contributed by atoms with Gasteiger partial charge in [-0.15, -0.1) is 0 Å². The molecule has 0 aromatic carbocycles. The summed E-state index contributed by atoms with van der Waals surface area (Å²) in [6, 6.07) is 2.15. The first-order valence-electron chi connectivity index (χ1n) is 6.36. The number of nitrogens with zero attached hydrogens (tertiary/aromatic N) is 2. The highest BCUT2D eigenvalue weighted by molar-refractivity contribution is 5.23. The van der Waals surface area contributed by atoms with Crippen LogP contribution in [0.4, 0.5) is 0 Å². The molecule has 3 heteroatoms. The number of aryl methyl sites for hydroxylation is 2. The maximum atomic E-state index is 6.23. The molecule has 96 valence electrons. The molecule has 2 N–H and O–H groups in total. The molecule has 1 rings (SSSR count). The van der Waals surface area contributed by atoms with Crippen molar-refractivity contribution in [1.29, 1.82) is 0 Å². The van der Waals surface area contributed by atoms with Gasteiger partial charge < -0.3 is 5.73 Å². The third kappa shape index (κ3) is 4.82. The van der Waals surface area contributed by atoms with Crippen molar-refractivity contribution in [2.24, 2.45) is 11.1 Å². The van der Waals surface area contributed by atoms with E-state index in [1.165, 1.54) is 6.42 Å². The van der Waals surface area contributed by atoms with Crippen molar-refractivity contribution in [1.82, 2.24) is 10.2 Å². The van der Waals surface area contributed by atoms with Crippen LogP contribution < -0.4 is 5.73 Å². The SMILES string of the molecule is Cc1cc(C(N)CCCC(C)(C)C)c(C)nn1. The zero-order chi connectivity index (χ0) is 13.1. The quantitative estimate of drug-likeness (QED) is 0.871. The smallest absolute Gasteiger partial charge is 0.0648 e. The van der Waals surface area contributed by atoms with Gasteiger partial charge >= 0.3 is 0 Å². The third-order valence-corrected chi connectivity index (χ3v) is 2.98. The molecule has 0 radical (unpaired) electrons. The van der Waals surface area contributed by atoms with Crippen molar-refractivity contribution >= 4 is 0 Å². The molecule has 0 fully saturated rings. The molecule has 0 aliphatic carbocycles. The Morgan fingerprint density at radius 3 is 2.47 bits per heavy atom. The van der Waals surface area contributed by atoms with Crippen LogP contribution in [0.15, 0.2) is 6.07 Å². The van der Waals surface area contributed by atoms with Crippen molar-refractivity contribution < 1.29 is 0 Å². The van der Waals surface area contributed by atoms with Gasteiger partial charge in [-0.05, 0) is 43.7 Å². The zero-order valence-corrected chi connectivity index (χ0v) is 11.7. The van der Waals surface area contributed by atoms with Gasteiger partial charge in [0.15, 0.2) is 0 Å². The van der Waals surface area contributed by atoms with Gasteiger partial charge in [-0.3, -0.25) is 0 Å². The summed E-state index contributed by atoms with van der Waals surface area (Å²) in [5.74, 6) is 0. The summed E-state index contributed by atoms with van der Waals surface area (Å²) in [5.41, 5.74) is 9.66. The second-order valence-electron chi connectivity index (χ2n) is 6.09. The maximum absolute atomic E-state index is 6.23. The van der Waals surface area contributed by atoms with Crippen LogP contribution in [0.2, 0.25) is 0 Å². The first kappa shape index (κ1) is 14.1. The average molecular weight is 235 g/mol. The number of aromatic nitrogens is 2. The Labute approximate surface area is 105 Å². The molecule has 3 nitrogen and oxygen atoms in total. The van der Waals surface area contributed by atoms with E-state index in [1.54, 1.807) is 0 Å². The normalized spacial score (nSPS) is 13.8. The van der Waals surface area contributed by atoms with E-state index in [9.17, 15) is 0 Å². The summed E-state index contributed by atoms with van der Waals surface area (Å²) in [6.07, 6.45) is 3.38. The Morgan fingerprint density at radius 1 is 1.24 bits per heavy atom. The van der Waals surface area contributed by atoms with Crippen LogP contribution in [0.3, 0.4) is 0 Å². The number of hydrogen-bond acceptors (Lipinski definition) is 3. The van der Waals surface area contributed by atoms with Crippen LogP contribution in [-0.2, 0) is 0 Å². The molecule has 1 heterocycles. The Morgan fingerprint density at radius 2 is 1.88 bits per heavy atom. The molecule has 17 heavy (non-hydrogen) atoms. The molecule has 0 saturated carbocycles. The van der Waals surface area contributed by atoms with E-state index in [0.29, 0.717) is 5.41 Å². The third-order valence-electron chi connectivity index (χ3n) is 2.98. The number of hydrogen-bond donors (Lipinski definition) is 1. The van der Waals surface area contributed by atoms with E-state index in [-0.39, 0.29) is 6.04 Å². The molecule has 0 aliphatic heterocycles. The highest BCUT2D eigenvalue weighted by atomic mass is 15.1. The van der Waals surface area contributed by atoms with E-state index in [2.05, 4.69) is 37.0 Å². The maximum Gasteiger partial charge on any atom is 0.0648 e. The van der Waals surface area contributed by atoms with Gasteiger partial charge in [-0.25, -0.2) is 0 Å². The van der Waals surface area contributed by atoms with Gasteiger partial charge in [0.05, 0.1) is 11.4 Å². The Balaban J connectivity index is 2.58. The van der Waals surface area contributed by atoms with Gasteiger partial charge in [0.1, 0.15) is 0 Å². The van der Waals surface area contributed by atoms with Crippen LogP contribution >= 0.6 is 0 Å². The first-order valence-corrected chi connectivity index (χ1v) is 6.36. The molecule has 0 bridgehead atoms. The minimum atomic E-state index is 0.0894. The fourth-order valence-corrected chi connectivity index (χ4v) is 1.95. The van der Waals surface area contributed by atoms with Crippen LogP contribution in [-0.4, -0.2) is 10.2 Å². The minimum Gasteiger partial charge on any atom is -0.324 e. The monoisotopic (exact) mass is 235 g/mol. The van der Waals surface area contributed by atoms with E-state index in [1.807, 2.05) is 13.8 Å². The van der Waals surface area contributed by atoms with Crippen LogP contribution in [0, 0.1) is 19.3 Å². The van der Waals surface area contributed by atoms with Crippen LogP contribution in [0.5, 0.6) is 0 Å². The average Bonchev–Trinajstić information content (AvgIpc) is 2.19. The summed E-state index contributed by atoms with van der Waals surface area (Å²) >= 11 is 0. The first-order chi connectivity index (χ1) is 7.79. The topological polar surface area (TPSA) is 51.8 Å². The number of nitrogens with two attached hydrogens (primary N) is 1. The van der Waals surface area contributed by atoms with Crippen molar-refractivity contribution in [3.63, 3.8) is 0 Å². The lowest BCUT2D eigenvalue weighted by Gasteiger charge is -2.20. The highest BCUT2D eigenvalue weighted by Gasteiger charge is 2.14. The van der Waals surface area contributed by atoms with Crippen molar-refractivity contribution in [3.8, 4) is 0 Å². The summed E-state index contributed by atoms with van der Waals surface area (Å²) in [4.78, 5) is 0. The van der Waals surface area contributed by atoms with Gasteiger partial charge in [0.2, 0.25) is 0 Å². The van der Waals surface area contributed by atoms with Crippen LogP contribution in [0.1, 0.15) is 63.0 Å². The molecule has 1 aromatic rings. The second kappa shape index (κ2) is 5.58. The predicted octanol–water partition coefficient (Wildman–Crippen LogP) is 3.31. The molecule has 1 aromatic heterocycles. The van der Waals surface area contributed by atoms with Gasteiger partial charge in [0.25, 0.3) is 0 Å². The Kier molecular flexibility index (Phi) is 4.63. The molecular weight excluding hydrogens is 210 g/mol. The lowest BCUT2D eigenvalue weighted by molar-refractivity contribution is 0.353. The second-order valence-corrected chi connectivity index (χ2v) is 6.09. The zero-order valence-electron chi connectivity index (χ0n) is 11.7. The summed E-state index contributed by atoms with van der Waals surface area (Å²) in [6.45, 7) is 10.7. The summed E-state index contributed by atoms with van der Waals surface area (Å²) < 4.78 is 0. The Hall–Kier alpha value is -0.960. The largest absolute Gasteiger partial charge is 0.324 e. The summed E-state index contributed by atoms with van der Waals surface area (Å²) in [5, 5.41) is 8.16. The Bertz CT molecular complexity index is 366. The highest BCUT2D eigenvalue weighted by Crippen LogP contribution is 2.25. The molecule has 1 unspecified atom stereocenters. The van der Waals surface area contributed by atoms with Gasteiger partial charge in [0, 0.05) is 6.04 Å². The fraction of sp³-hybridized carbons (Fsp3) is 0.714. The van der Waals surface area contributed by atoms with Crippen molar-refractivity contribution in [2.45, 2.75) is 59.9 Å². The predicted molar refractivity (Wildman–Crippen MR) is 71.7 cm³/mol. The molecule has 1 atom stereocenters. The van der Waals surface area contributed by atoms with Gasteiger partial charge in [-0.1, -0.05) is 27.2 Å². The molecule has 0 saturated heterocycles. The van der Waals surface area contributed by atoms with Crippen molar-refractivity contribution in [3.05, 3.63) is 23.0 Å². The fourth-order valence-electron chi connectivity index (χ4n) is 1.95. The van der Waals surface area contributed by atoms with E-state index in [4.69, 9.17) is 5.73 Å². The van der Waals surface area contributed by atoms with Crippen LogP contribution in [0.25, 0.3) is 0 Å². The lowest BCUT2D eigenvalue weighted by Crippen LogP contribution is -2.15. The summed E-state index contributed by atoms with van der Waals surface area (Å²) in [7, 11) is 0. The standard InChI is InChI=1S/C14H25N3/c1-10-9-12(11(2)17-16-10)13(15)7-6-8-14(3,4)5/h9,13H,6-8,15H2,1-5H3. The lowest BCUT2D eigenvalue weighted by atomic mass is 9.88. The van der Waals surface area contributed by atoms with E-state index in [0.717, 1.165) is 29.8 Å². The van der Waals surface area contributed by atoms with E-state index >= 15 is 0 Å². The molecular formula is C14H25N3. The molecule has 0 aliphatic rings. The van der Waals surface area contributed by atoms with Crippen molar-refractivity contribution in [2.75, 3.05) is 0 Å². The molecule has 0 spiro atoms. The molecule has 0 amide bonds.